The highest BCUT2D eigenvalue weighted by molar-refractivity contribution is 8.01. The summed E-state index contributed by atoms with van der Waals surface area (Å²) in [4.78, 5) is 30.5. The number of benzene rings is 1. The van der Waals surface area contributed by atoms with E-state index in [0.29, 0.717) is 49.6 Å². The number of aromatic nitrogens is 1. The molecule has 2 fully saturated rings. The molecule has 0 bridgehead atoms. The van der Waals surface area contributed by atoms with Crippen LogP contribution in [0.2, 0.25) is 0 Å². The number of hydrogen-bond acceptors (Lipinski definition) is 8. The first kappa shape index (κ1) is 19.3. The second-order valence-corrected chi connectivity index (χ2v) is 8.84. The molecule has 1 aromatic heterocycles. The molecule has 1 aromatic carbocycles. The number of nitrogens with zero attached hydrogens (tertiary/aromatic N) is 3. The predicted molar refractivity (Wildman–Crippen MR) is 104 cm³/mol. The van der Waals surface area contributed by atoms with Crippen LogP contribution in [-0.2, 0) is 9.47 Å². The van der Waals surface area contributed by atoms with Crippen molar-refractivity contribution in [1.82, 2.24) is 9.88 Å². The third kappa shape index (κ3) is 3.90. The summed E-state index contributed by atoms with van der Waals surface area (Å²) in [6.45, 7) is 4.04. The number of carbonyl (C=O) groups excluding carboxylic acids is 1. The molecule has 3 heterocycles. The molecule has 2 aliphatic heterocycles. The number of aryl methyl sites for hydroxylation is 1. The van der Waals surface area contributed by atoms with Crippen LogP contribution in [0.5, 0.6) is 0 Å². The van der Waals surface area contributed by atoms with E-state index in [1.54, 1.807) is 17.0 Å². The molecule has 0 radical (unpaired) electrons. The lowest BCUT2D eigenvalue weighted by molar-refractivity contribution is -0.387. The van der Waals surface area contributed by atoms with Gasteiger partial charge in [0.05, 0.1) is 23.0 Å². The fourth-order valence-corrected chi connectivity index (χ4v) is 5.25. The van der Waals surface area contributed by atoms with Crippen molar-refractivity contribution in [2.45, 2.75) is 34.8 Å². The normalized spacial score (nSPS) is 18.5. The zero-order valence-electron chi connectivity index (χ0n) is 15.3. The lowest BCUT2D eigenvalue weighted by Gasteiger charge is -2.37. The van der Waals surface area contributed by atoms with E-state index in [2.05, 4.69) is 4.98 Å². The molecule has 0 atom stereocenters. The first-order valence-corrected chi connectivity index (χ1v) is 10.6. The van der Waals surface area contributed by atoms with Crippen LogP contribution in [0, 0.1) is 17.0 Å². The Hall–Kier alpha value is -2.01. The largest absolute Gasteiger partial charge is 0.347 e. The van der Waals surface area contributed by atoms with E-state index in [0.717, 1.165) is 10.0 Å². The summed E-state index contributed by atoms with van der Waals surface area (Å²) in [5, 5.41) is 13.5. The van der Waals surface area contributed by atoms with Crippen molar-refractivity contribution in [3.63, 3.8) is 0 Å². The van der Waals surface area contributed by atoms with Crippen molar-refractivity contribution < 1.29 is 19.2 Å². The first-order chi connectivity index (χ1) is 13.5. The van der Waals surface area contributed by atoms with Gasteiger partial charge in [-0.1, -0.05) is 11.8 Å². The Labute approximate surface area is 170 Å². The maximum absolute atomic E-state index is 12.9. The summed E-state index contributed by atoms with van der Waals surface area (Å²) in [5.41, 5.74) is 1.11. The molecule has 4 rings (SSSR count). The Kier molecular flexibility index (Phi) is 5.37. The van der Waals surface area contributed by atoms with E-state index >= 15 is 0 Å². The molecule has 2 aromatic rings. The van der Waals surface area contributed by atoms with Gasteiger partial charge in [-0.3, -0.25) is 14.9 Å². The van der Waals surface area contributed by atoms with E-state index in [1.165, 1.54) is 29.2 Å². The molecule has 8 nitrogen and oxygen atoms in total. The average Bonchev–Trinajstić information content (AvgIpc) is 3.31. The summed E-state index contributed by atoms with van der Waals surface area (Å²) in [6.07, 6.45) is 1.22. The first-order valence-electron chi connectivity index (χ1n) is 8.91. The number of piperidine rings is 1. The fourth-order valence-electron chi connectivity index (χ4n) is 3.37. The standard InChI is InChI=1S/C18H19N3O5S2/c1-12-11-27-17(19-12)28-15-3-2-13(10-14(15)21(23)24)16(22)20-6-4-18(5-7-20)25-8-9-26-18/h2-3,10-11H,4-9H2,1H3. The van der Waals surface area contributed by atoms with Crippen LogP contribution in [0.25, 0.3) is 0 Å². The Morgan fingerprint density at radius 3 is 2.64 bits per heavy atom. The molecule has 1 amide bonds. The molecule has 0 unspecified atom stereocenters. The van der Waals surface area contributed by atoms with Gasteiger partial charge in [0.15, 0.2) is 10.1 Å². The Bertz CT molecular complexity index is 900. The van der Waals surface area contributed by atoms with E-state index in [4.69, 9.17) is 9.47 Å². The molecule has 0 N–H and O–H groups in total. The van der Waals surface area contributed by atoms with Crippen molar-refractivity contribution in [3.05, 3.63) is 45.0 Å². The molecular weight excluding hydrogens is 402 g/mol. The number of ether oxygens (including phenoxy) is 2. The third-order valence-corrected chi connectivity index (χ3v) is 6.95. The van der Waals surface area contributed by atoms with E-state index < -0.39 is 10.7 Å². The summed E-state index contributed by atoms with van der Waals surface area (Å²) >= 11 is 2.68. The summed E-state index contributed by atoms with van der Waals surface area (Å²) in [6, 6.07) is 4.63. The highest BCUT2D eigenvalue weighted by atomic mass is 32.2. The smallest absolute Gasteiger partial charge is 0.284 e. The lowest BCUT2D eigenvalue weighted by atomic mass is 10.0. The van der Waals surface area contributed by atoms with Crippen LogP contribution in [0.15, 0.2) is 32.8 Å². The minimum Gasteiger partial charge on any atom is -0.347 e. The third-order valence-electron chi connectivity index (χ3n) is 4.82. The summed E-state index contributed by atoms with van der Waals surface area (Å²) < 4.78 is 12.1. The van der Waals surface area contributed by atoms with Gasteiger partial charge in [-0.05, 0) is 19.1 Å². The van der Waals surface area contributed by atoms with Crippen molar-refractivity contribution in [3.8, 4) is 0 Å². The second-order valence-electron chi connectivity index (χ2n) is 6.70. The van der Waals surface area contributed by atoms with Crippen LogP contribution >= 0.6 is 23.1 Å². The van der Waals surface area contributed by atoms with E-state index in [-0.39, 0.29) is 11.6 Å². The van der Waals surface area contributed by atoms with Gasteiger partial charge in [0, 0.05) is 48.6 Å². The number of likely N-dealkylation sites (tertiary alicyclic amines) is 1. The van der Waals surface area contributed by atoms with E-state index in [1.807, 2.05) is 12.3 Å². The molecule has 10 heteroatoms. The van der Waals surface area contributed by atoms with Crippen molar-refractivity contribution in [1.29, 1.82) is 0 Å². The van der Waals surface area contributed by atoms with Crippen LogP contribution < -0.4 is 0 Å². The number of carbonyl (C=O) groups is 1. The number of rotatable bonds is 4. The molecule has 148 valence electrons. The Morgan fingerprint density at radius 1 is 1.32 bits per heavy atom. The average molecular weight is 422 g/mol. The van der Waals surface area contributed by atoms with Crippen LogP contribution in [0.1, 0.15) is 28.9 Å². The van der Waals surface area contributed by atoms with Gasteiger partial charge in [0.2, 0.25) is 0 Å². The van der Waals surface area contributed by atoms with Crippen molar-refractivity contribution >= 4 is 34.7 Å². The van der Waals surface area contributed by atoms with Gasteiger partial charge in [-0.25, -0.2) is 4.98 Å². The molecule has 0 saturated carbocycles. The molecule has 1 spiro atoms. The minimum atomic E-state index is -0.560. The van der Waals surface area contributed by atoms with Crippen LogP contribution in [-0.4, -0.2) is 52.8 Å². The Balaban J connectivity index is 1.50. The van der Waals surface area contributed by atoms with Crippen molar-refractivity contribution in [2.75, 3.05) is 26.3 Å². The second kappa shape index (κ2) is 7.78. The summed E-state index contributed by atoms with van der Waals surface area (Å²) in [5.74, 6) is -0.771. The fraction of sp³-hybridized carbons (Fsp3) is 0.444. The molecule has 2 saturated heterocycles. The van der Waals surface area contributed by atoms with E-state index in [9.17, 15) is 14.9 Å². The van der Waals surface area contributed by atoms with Gasteiger partial charge in [0.1, 0.15) is 0 Å². The lowest BCUT2D eigenvalue weighted by Crippen LogP contribution is -2.47. The number of amides is 1. The maximum Gasteiger partial charge on any atom is 0.284 e. The number of nitro benzene ring substituents is 1. The van der Waals surface area contributed by atoms with Gasteiger partial charge >= 0.3 is 0 Å². The van der Waals surface area contributed by atoms with Gasteiger partial charge < -0.3 is 14.4 Å². The quantitative estimate of drug-likeness (QED) is 0.551. The molecule has 0 aliphatic carbocycles. The monoisotopic (exact) mass is 421 g/mol. The molecule has 28 heavy (non-hydrogen) atoms. The highest BCUT2D eigenvalue weighted by Crippen LogP contribution is 2.37. The molecular formula is C18H19N3O5S2. The summed E-state index contributed by atoms with van der Waals surface area (Å²) in [7, 11) is 0. The number of hydrogen-bond donors (Lipinski definition) is 0. The van der Waals surface area contributed by atoms with Crippen LogP contribution in [0.3, 0.4) is 0 Å². The number of nitro groups is 1. The Morgan fingerprint density at radius 2 is 2.04 bits per heavy atom. The SMILES string of the molecule is Cc1csc(Sc2ccc(C(=O)N3CCC4(CC3)OCCO4)cc2[N+](=O)[O-])n1. The van der Waals surface area contributed by atoms with Crippen molar-refractivity contribution in [2.24, 2.45) is 0 Å². The van der Waals surface area contributed by atoms with Gasteiger partial charge in [0.25, 0.3) is 11.6 Å². The van der Waals surface area contributed by atoms with Gasteiger partial charge in [-0.2, -0.15) is 0 Å². The number of thiazole rings is 1. The molecule has 2 aliphatic rings. The zero-order chi connectivity index (χ0) is 19.7. The van der Waals surface area contributed by atoms with Crippen LogP contribution in [0.4, 0.5) is 5.69 Å². The predicted octanol–water partition coefficient (Wildman–Crippen LogP) is 3.49. The topological polar surface area (TPSA) is 94.8 Å². The highest BCUT2D eigenvalue weighted by Gasteiger charge is 2.41. The zero-order valence-corrected chi connectivity index (χ0v) is 16.9. The van der Waals surface area contributed by atoms with Gasteiger partial charge in [-0.15, -0.1) is 11.3 Å². The minimum absolute atomic E-state index is 0.0837. The maximum atomic E-state index is 12.9.